The number of esters is 1. The highest BCUT2D eigenvalue weighted by Crippen LogP contribution is 2.44. The van der Waals surface area contributed by atoms with Gasteiger partial charge in [0.2, 0.25) is 5.79 Å². The number of fused-ring (bicyclic) bond motifs is 3. The largest absolute Gasteiger partial charge is 0.456 e. The third kappa shape index (κ3) is 14.9. The Kier molecular flexibility index (Phi) is 21.5. The van der Waals surface area contributed by atoms with Gasteiger partial charge in [-0.15, -0.1) is 0 Å². The Bertz CT molecular complexity index is 1910. The van der Waals surface area contributed by atoms with Crippen LogP contribution in [0.5, 0.6) is 0 Å². The van der Waals surface area contributed by atoms with Crippen LogP contribution in [0.2, 0.25) is 36.3 Å². The maximum absolute atomic E-state index is 15.0. The fourth-order valence-corrected chi connectivity index (χ4v) is 13.5. The summed E-state index contributed by atoms with van der Waals surface area (Å²) in [6.07, 6.45) is 5.66. The van der Waals surface area contributed by atoms with Gasteiger partial charge in [0.25, 0.3) is 11.7 Å². The molecule has 3 heterocycles. The predicted octanol–water partition coefficient (Wildman–Crippen LogP) is 9.71. The van der Waals surface area contributed by atoms with Crippen molar-refractivity contribution in [1.29, 1.82) is 0 Å². The summed E-state index contributed by atoms with van der Waals surface area (Å²) in [7, 11) is 0.0804. The smallest absolute Gasteiger partial charge is 0.329 e. The van der Waals surface area contributed by atoms with Crippen molar-refractivity contribution in [3.05, 3.63) is 23.3 Å². The number of aldehydes is 1. The van der Waals surface area contributed by atoms with Crippen molar-refractivity contribution in [2.45, 2.75) is 238 Å². The van der Waals surface area contributed by atoms with Crippen molar-refractivity contribution in [2.75, 3.05) is 27.9 Å². The van der Waals surface area contributed by atoms with E-state index < -0.39 is 94.4 Å². The van der Waals surface area contributed by atoms with E-state index >= 15 is 4.79 Å². The monoisotopic (exact) mass is 1030 g/mol. The summed E-state index contributed by atoms with van der Waals surface area (Å²) in [5.74, 6) is -7.67. The van der Waals surface area contributed by atoms with Gasteiger partial charge < -0.3 is 47.3 Å². The summed E-state index contributed by atoms with van der Waals surface area (Å²) < 4.78 is 45.2. The van der Waals surface area contributed by atoms with E-state index in [2.05, 4.69) is 73.8 Å². The van der Waals surface area contributed by atoms with Gasteiger partial charge in [-0.2, -0.15) is 0 Å². The molecule has 1 saturated carbocycles. The Hall–Kier alpha value is -2.42. The highest BCUT2D eigenvalue weighted by Gasteiger charge is 2.57. The molecule has 16 heteroatoms. The number of hydrogen-bond donors (Lipinski definition) is 1. The van der Waals surface area contributed by atoms with E-state index in [-0.39, 0.29) is 72.1 Å². The first-order chi connectivity index (χ1) is 32.9. The van der Waals surface area contributed by atoms with Crippen LogP contribution in [-0.2, 0) is 56.5 Å². The van der Waals surface area contributed by atoms with Crippen molar-refractivity contribution in [3.8, 4) is 0 Å². The van der Waals surface area contributed by atoms with Gasteiger partial charge in [-0.05, 0) is 125 Å². The second-order valence-corrected chi connectivity index (χ2v) is 34.4. The molecule has 71 heavy (non-hydrogen) atoms. The molecule has 1 aliphatic carbocycles. The van der Waals surface area contributed by atoms with Gasteiger partial charge >= 0.3 is 5.97 Å². The van der Waals surface area contributed by atoms with E-state index in [1.165, 1.54) is 19.1 Å². The zero-order valence-corrected chi connectivity index (χ0v) is 49.0. The van der Waals surface area contributed by atoms with E-state index in [4.69, 9.17) is 32.5 Å². The molecule has 4 rings (SSSR count). The van der Waals surface area contributed by atoms with Gasteiger partial charge in [-0.3, -0.25) is 14.4 Å². The van der Waals surface area contributed by atoms with E-state index in [1.54, 1.807) is 14.0 Å². The van der Waals surface area contributed by atoms with Crippen molar-refractivity contribution in [3.63, 3.8) is 0 Å². The molecule has 1 N–H and O–H groups in total. The summed E-state index contributed by atoms with van der Waals surface area (Å²) in [5, 5.41) is 12.1. The van der Waals surface area contributed by atoms with E-state index in [9.17, 15) is 24.3 Å². The number of methoxy groups -OCH3 is 3. The van der Waals surface area contributed by atoms with Crippen LogP contribution >= 0.6 is 0 Å². The maximum Gasteiger partial charge on any atom is 0.329 e. The second kappa shape index (κ2) is 25.0. The van der Waals surface area contributed by atoms with Crippen LogP contribution in [-0.4, -0.2) is 139 Å². The molecule has 2 unspecified atom stereocenters. The van der Waals surface area contributed by atoms with Crippen LogP contribution in [0.4, 0.5) is 0 Å². The Morgan fingerprint density at radius 3 is 1.94 bits per heavy atom. The predicted molar refractivity (Wildman–Crippen MR) is 281 cm³/mol. The Morgan fingerprint density at radius 1 is 0.803 bits per heavy atom. The lowest BCUT2D eigenvalue weighted by Gasteiger charge is -2.47. The highest BCUT2D eigenvalue weighted by atomic mass is 28.4. The molecule has 1 amide bonds. The molecule has 406 valence electrons. The Balaban J connectivity index is 1.89. The average molecular weight is 1030 g/mol. The number of rotatable bonds is 11. The Morgan fingerprint density at radius 2 is 1.38 bits per heavy atom. The van der Waals surface area contributed by atoms with Crippen molar-refractivity contribution in [1.82, 2.24) is 4.90 Å². The number of carbonyl (C=O) groups excluding carboxylic acids is 5. The van der Waals surface area contributed by atoms with Crippen molar-refractivity contribution in [2.24, 2.45) is 29.6 Å². The number of aliphatic hydroxyl groups is 1. The number of ether oxygens (including phenoxy) is 5. The lowest BCUT2D eigenvalue weighted by Crippen LogP contribution is -2.64. The Labute approximate surface area is 429 Å². The molecule has 2 bridgehead atoms. The molecular formula is C55H95NO13Si2. The van der Waals surface area contributed by atoms with Gasteiger partial charge in [-0.25, -0.2) is 4.79 Å². The molecule has 0 spiro atoms. The van der Waals surface area contributed by atoms with E-state index in [0.29, 0.717) is 32.1 Å². The summed E-state index contributed by atoms with van der Waals surface area (Å²) in [4.78, 5) is 72.6. The third-order valence-electron chi connectivity index (χ3n) is 17.3. The highest BCUT2D eigenvalue weighted by molar-refractivity contribution is 6.74. The number of hydrogen-bond acceptors (Lipinski definition) is 13. The molecular weight excluding hydrogens is 939 g/mol. The third-order valence-corrected chi connectivity index (χ3v) is 26.3. The number of Topliss-reactive ketones (excluding diaryl/α,β-unsaturated/α-hetero) is 2. The molecule has 14 atom stereocenters. The number of nitrogens with zero attached hydrogens (tertiary/aromatic N) is 1. The van der Waals surface area contributed by atoms with Gasteiger partial charge in [0, 0.05) is 58.5 Å². The van der Waals surface area contributed by atoms with Crippen LogP contribution in [0.25, 0.3) is 0 Å². The molecule has 0 aromatic heterocycles. The molecule has 0 radical (unpaired) electrons. The minimum Gasteiger partial charge on any atom is -0.456 e. The quantitative estimate of drug-likeness (QED) is 0.0682. The molecule has 4 aliphatic rings. The van der Waals surface area contributed by atoms with Crippen molar-refractivity contribution >= 4 is 46.4 Å². The zero-order valence-electron chi connectivity index (χ0n) is 47.0. The van der Waals surface area contributed by atoms with Crippen LogP contribution in [0.1, 0.15) is 147 Å². The number of ketones is 2. The number of allylic oxidation sites excluding steroid dienone is 3. The fourth-order valence-electron chi connectivity index (χ4n) is 10.7. The normalized spacial score (nSPS) is 36.3. The zero-order chi connectivity index (χ0) is 53.6. The fraction of sp³-hybridized carbons (Fsp3) is 0.836. The minimum atomic E-state index is -2.61. The first-order valence-electron chi connectivity index (χ1n) is 26.6. The summed E-state index contributed by atoms with van der Waals surface area (Å²) in [6.45, 7) is 31.5. The van der Waals surface area contributed by atoms with Crippen LogP contribution in [0.15, 0.2) is 23.3 Å². The first kappa shape index (κ1) is 61.1. The number of carbonyl (C=O) groups is 5. The standard InChI is InChI=1S/C55H95NO13Si2/c1-34-27-35(2)29-46(64-13)49-47(65-14)31-37(4)55(62,67-49)50(59)51(60)56-25-20-19-21-41(56)52(61)66-48(36(3)30-39-22-23-43(45(32-39)63-12)68-70(15,16)53(6,7)8)38(5)44(69-71(17,18)54(9,10)11)33-42(58)40(28-34)24-26-57/h26,28,30,35,37-41,43-49,62H,19-25,27,29,31-33H2,1-18H3/b34-28-,36-30+/t35-,37+,38+,39-,40?,41-,43+,44-,45+,46?,47-,48+,49+,55+/m1/s1. The molecule has 3 aliphatic heterocycles. The molecule has 3 fully saturated rings. The number of cyclic esters (lactones) is 1. The lowest BCUT2D eigenvalue weighted by molar-refractivity contribution is -0.302. The summed E-state index contributed by atoms with van der Waals surface area (Å²) >= 11 is 0. The topological polar surface area (TPSA) is 173 Å². The SMILES string of the molecule is COC1C[C@H](C)C/C(C)=C\C(CC=O)C(=O)C[C@@H](O[Si](C)(C)C(C)(C)C)[C@H](C)[C@H](/C(C)=C/[C@H]2CC[C@H](O[Si](C)(C)C(C)(C)C)[C@@H](OC)C2)OC(=O)[C@H]2CCCCN2C(=O)C(=O)[C@@]2(O)O[C@@H]1[C@H](OC)C[C@@H]2C. The lowest BCUT2D eigenvalue weighted by atomic mass is 9.81. The van der Waals surface area contributed by atoms with Gasteiger partial charge in [0.15, 0.2) is 16.6 Å². The van der Waals surface area contributed by atoms with E-state index in [0.717, 1.165) is 30.3 Å². The van der Waals surface area contributed by atoms with Crippen LogP contribution in [0, 0.1) is 29.6 Å². The van der Waals surface area contributed by atoms with Crippen molar-refractivity contribution < 1.29 is 61.6 Å². The minimum absolute atomic E-state index is 0.00591. The van der Waals surface area contributed by atoms with Gasteiger partial charge in [0.05, 0.1) is 30.5 Å². The number of amides is 1. The van der Waals surface area contributed by atoms with Crippen LogP contribution < -0.4 is 0 Å². The van der Waals surface area contributed by atoms with Gasteiger partial charge in [0.1, 0.15) is 30.3 Å². The summed E-state index contributed by atoms with van der Waals surface area (Å²) in [6, 6.07) is -1.14. The van der Waals surface area contributed by atoms with E-state index in [1.807, 2.05) is 33.8 Å². The molecule has 14 nitrogen and oxygen atoms in total. The second-order valence-electron chi connectivity index (χ2n) is 24.8. The molecule has 0 aromatic rings. The number of piperidine rings is 1. The molecule has 0 aromatic carbocycles. The molecule has 2 saturated heterocycles. The first-order valence-corrected chi connectivity index (χ1v) is 32.4. The van der Waals surface area contributed by atoms with Gasteiger partial charge in [-0.1, -0.05) is 80.0 Å². The average Bonchev–Trinajstić information content (AvgIpc) is 3.28. The summed E-state index contributed by atoms with van der Waals surface area (Å²) in [5.41, 5.74) is 1.68. The maximum atomic E-state index is 15.0. The van der Waals surface area contributed by atoms with Crippen LogP contribution in [0.3, 0.4) is 0 Å².